The number of carbonyl (C=O) groups is 3. The summed E-state index contributed by atoms with van der Waals surface area (Å²) in [6.45, 7) is 6.80. The van der Waals surface area contributed by atoms with Crippen molar-refractivity contribution in [2.24, 2.45) is 0 Å². The normalized spacial score (nSPS) is 17.0. The zero-order valence-electron chi connectivity index (χ0n) is 18.6. The smallest absolute Gasteiger partial charge is 0.305 e. The number of rotatable bonds is 12. The molecule has 1 aliphatic heterocycles. The fourth-order valence-electron chi connectivity index (χ4n) is 3.79. The molecule has 5 heteroatoms. The van der Waals surface area contributed by atoms with E-state index in [1.54, 1.807) is 6.08 Å². The average molecular weight is 414 g/mol. The molecule has 30 heavy (non-hydrogen) atoms. The molecule has 1 aromatic carbocycles. The van der Waals surface area contributed by atoms with Gasteiger partial charge in [0.05, 0.1) is 18.1 Å². The molecule has 0 bridgehead atoms. The van der Waals surface area contributed by atoms with Crippen LogP contribution in [0.15, 0.2) is 42.5 Å². The first kappa shape index (κ1) is 23.8. The van der Waals surface area contributed by atoms with Gasteiger partial charge in [-0.25, -0.2) is 0 Å². The quantitative estimate of drug-likeness (QED) is 0.285. The molecule has 1 heterocycles. The monoisotopic (exact) mass is 413 g/mol. The van der Waals surface area contributed by atoms with Gasteiger partial charge in [-0.2, -0.15) is 0 Å². The van der Waals surface area contributed by atoms with E-state index in [0.29, 0.717) is 26.0 Å². The Labute approximate surface area is 180 Å². The molecule has 164 valence electrons. The number of ketones is 1. The van der Waals surface area contributed by atoms with Crippen molar-refractivity contribution in [3.05, 3.63) is 48.0 Å². The summed E-state index contributed by atoms with van der Waals surface area (Å²) in [6, 6.07) is 9.76. The van der Waals surface area contributed by atoms with Gasteiger partial charge in [0.2, 0.25) is 5.91 Å². The third kappa shape index (κ3) is 6.82. The molecule has 5 nitrogen and oxygen atoms in total. The van der Waals surface area contributed by atoms with E-state index in [4.69, 9.17) is 4.74 Å². The lowest BCUT2D eigenvalue weighted by molar-refractivity contribution is -0.143. The van der Waals surface area contributed by atoms with Crippen LogP contribution in [-0.2, 0) is 24.5 Å². The van der Waals surface area contributed by atoms with Crippen LogP contribution in [0.5, 0.6) is 0 Å². The minimum absolute atomic E-state index is 0.00689. The van der Waals surface area contributed by atoms with Crippen LogP contribution >= 0.6 is 0 Å². The molecule has 1 aliphatic rings. The molecule has 2 rings (SSSR count). The van der Waals surface area contributed by atoms with E-state index in [1.807, 2.05) is 62.1 Å². The predicted molar refractivity (Wildman–Crippen MR) is 118 cm³/mol. The molecule has 0 N–H and O–H groups in total. The van der Waals surface area contributed by atoms with Crippen molar-refractivity contribution in [2.75, 3.05) is 13.2 Å². The number of likely N-dealkylation sites (tertiary alicyclic amines) is 1. The molecular formula is C25H35NO4. The number of carbonyl (C=O) groups excluding carboxylic acids is 3. The molecule has 0 spiro atoms. The van der Waals surface area contributed by atoms with Crippen LogP contribution in [0.4, 0.5) is 0 Å². The van der Waals surface area contributed by atoms with Gasteiger partial charge in [-0.15, -0.1) is 0 Å². The van der Waals surface area contributed by atoms with Crippen molar-refractivity contribution in [1.29, 1.82) is 0 Å². The van der Waals surface area contributed by atoms with Gasteiger partial charge >= 0.3 is 5.97 Å². The first-order valence-electron chi connectivity index (χ1n) is 11.1. The molecule has 1 fully saturated rings. The number of amides is 1. The predicted octanol–water partition coefficient (Wildman–Crippen LogP) is 4.59. The first-order chi connectivity index (χ1) is 14.4. The second-order valence-electron chi connectivity index (χ2n) is 8.38. The van der Waals surface area contributed by atoms with Crippen LogP contribution in [-0.4, -0.2) is 41.8 Å². The standard InChI is InChI=1S/C25H35NO4/c1-4-30-24(29)14-10-5-6-11-19-26-21(16-18-23(26)28)15-17-22(27)25(2,3)20-12-8-7-9-13-20/h7-9,12-13,15,17,21H,4-6,10-11,14,16,18-19H2,1-3H3/b17-15+/t21-/m0/s1. The lowest BCUT2D eigenvalue weighted by atomic mass is 9.80. The number of unbranched alkanes of at least 4 members (excludes halogenated alkanes) is 3. The summed E-state index contributed by atoms with van der Waals surface area (Å²) in [5.41, 5.74) is 0.395. The van der Waals surface area contributed by atoms with Crippen molar-refractivity contribution < 1.29 is 19.1 Å². The maximum atomic E-state index is 12.8. The molecule has 1 aromatic rings. The van der Waals surface area contributed by atoms with Gasteiger partial charge in [-0.1, -0.05) is 49.2 Å². The lowest BCUT2D eigenvalue weighted by Gasteiger charge is -2.24. The summed E-state index contributed by atoms with van der Waals surface area (Å²) < 4.78 is 4.93. The summed E-state index contributed by atoms with van der Waals surface area (Å²) in [5.74, 6) is 0.0680. The largest absolute Gasteiger partial charge is 0.466 e. The highest BCUT2D eigenvalue weighted by Gasteiger charge is 2.31. The van der Waals surface area contributed by atoms with E-state index in [1.165, 1.54) is 0 Å². The maximum absolute atomic E-state index is 12.8. The fraction of sp³-hybridized carbons (Fsp3) is 0.560. The highest BCUT2D eigenvalue weighted by molar-refractivity contribution is 5.98. The SMILES string of the molecule is CCOC(=O)CCCCCCN1C(=O)CC[C@@H]1/C=C/C(=O)C(C)(C)c1ccccc1. The Morgan fingerprint density at radius 3 is 2.53 bits per heavy atom. The van der Waals surface area contributed by atoms with Crippen LogP contribution in [0.1, 0.15) is 71.3 Å². The van der Waals surface area contributed by atoms with Crippen molar-refractivity contribution in [3.63, 3.8) is 0 Å². The molecule has 0 aromatic heterocycles. The summed E-state index contributed by atoms with van der Waals surface area (Å²) in [7, 11) is 0. The summed E-state index contributed by atoms with van der Waals surface area (Å²) in [5, 5.41) is 0. The maximum Gasteiger partial charge on any atom is 0.305 e. The second kappa shape index (κ2) is 11.7. The first-order valence-corrected chi connectivity index (χ1v) is 11.1. The van der Waals surface area contributed by atoms with Gasteiger partial charge in [0, 0.05) is 19.4 Å². The minimum Gasteiger partial charge on any atom is -0.466 e. The average Bonchev–Trinajstić information content (AvgIpc) is 3.09. The van der Waals surface area contributed by atoms with E-state index in [0.717, 1.165) is 37.7 Å². The van der Waals surface area contributed by atoms with Crippen molar-refractivity contribution in [3.8, 4) is 0 Å². The van der Waals surface area contributed by atoms with Gasteiger partial charge in [-0.3, -0.25) is 14.4 Å². The Bertz CT molecular complexity index is 739. The third-order valence-corrected chi connectivity index (χ3v) is 5.79. The molecule has 1 atom stereocenters. The number of hydrogen-bond acceptors (Lipinski definition) is 4. The number of ether oxygens (including phenoxy) is 1. The number of nitrogens with zero attached hydrogens (tertiary/aromatic N) is 1. The van der Waals surface area contributed by atoms with Crippen molar-refractivity contribution in [2.45, 2.75) is 77.2 Å². The summed E-state index contributed by atoms with van der Waals surface area (Å²) in [4.78, 5) is 38.3. The molecule has 0 radical (unpaired) electrons. The molecular weight excluding hydrogens is 378 g/mol. The van der Waals surface area contributed by atoms with E-state index in [-0.39, 0.29) is 23.7 Å². The van der Waals surface area contributed by atoms with Crippen LogP contribution in [0, 0.1) is 0 Å². The van der Waals surface area contributed by atoms with Crippen LogP contribution in [0.3, 0.4) is 0 Å². The Morgan fingerprint density at radius 1 is 1.13 bits per heavy atom. The van der Waals surface area contributed by atoms with E-state index < -0.39 is 5.41 Å². The van der Waals surface area contributed by atoms with Crippen molar-refractivity contribution >= 4 is 17.7 Å². The van der Waals surface area contributed by atoms with Gasteiger partial charge in [0.25, 0.3) is 0 Å². The zero-order valence-corrected chi connectivity index (χ0v) is 18.6. The highest BCUT2D eigenvalue weighted by atomic mass is 16.5. The fourth-order valence-corrected chi connectivity index (χ4v) is 3.79. The lowest BCUT2D eigenvalue weighted by Crippen LogP contribution is -2.33. The molecule has 0 unspecified atom stereocenters. The Kier molecular flexibility index (Phi) is 9.28. The number of esters is 1. The topological polar surface area (TPSA) is 63.7 Å². The van der Waals surface area contributed by atoms with Gasteiger partial charge in [0.1, 0.15) is 0 Å². The molecule has 0 saturated carbocycles. The number of allylic oxidation sites excluding steroid dienone is 1. The Balaban J connectivity index is 1.81. The number of benzene rings is 1. The third-order valence-electron chi connectivity index (χ3n) is 5.79. The highest BCUT2D eigenvalue weighted by Crippen LogP contribution is 2.26. The second-order valence-corrected chi connectivity index (χ2v) is 8.38. The van der Waals surface area contributed by atoms with Gasteiger partial charge in [0.15, 0.2) is 5.78 Å². The number of hydrogen-bond donors (Lipinski definition) is 0. The molecule has 0 aliphatic carbocycles. The Morgan fingerprint density at radius 2 is 1.83 bits per heavy atom. The summed E-state index contributed by atoms with van der Waals surface area (Å²) >= 11 is 0. The van der Waals surface area contributed by atoms with E-state index >= 15 is 0 Å². The van der Waals surface area contributed by atoms with E-state index in [2.05, 4.69) is 0 Å². The summed E-state index contributed by atoms with van der Waals surface area (Å²) in [6.07, 6.45) is 8.96. The van der Waals surface area contributed by atoms with Crippen molar-refractivity contribution in [1.82, 2.24) is 4.90 Å². The Hall–Kier alpha value is -2.43. The van der Waals surface area contributed by atoms with Crippen LogP contribution in [0.2, 0.25) is 0 Å². The molecule has 1 saturated heterocycles. The van der Waals surface area contributed by atoms with Gasteiger partial charge < -0.3 is 9.64 Å². The van der Waals surface area contributed by atoms with Crippen LogP contribution < -0.4 is 0 Å². The minimum atomic E-state index is -0.593. The van der Waals surface area contributed by atoms with E-state index in [9.17, 15) is 14.4 Å². The zero-order chi connectivity index (χ0) is 22.0. The van der Waals surface area contributed by atoms with Gasteiger partial charge in [-0.05, 0) is 51.7 Å². The van der Waals surface area contributed by atoms with Crippen LogP contribution in [0.25, 0.3) is 0 Å². The molecule has 1 amide bonds.